The van der Waals surface area contributed by atoms with E-state index in [0.29, 0.717) is 29.9 Å². The lowest BCUT2D eigenvalue weighted by Crippen LogP contribution is -2.26. The molecule has 2 aromatic carbocycles. The lowest BCUT2D eigenvalue weighted by atomic mass is 10.0. The summed E-state index contributed by atoms with van der Waals surface area (Å²) in [5.41, 5.74) is 0.324. The Morgan fingerprint density at radius 3 is 2.28 bits per heavy atom. The van der Waals surface area contributed by atoms with Gasteiger partial charge in [0, 0.05) is 26.6 Å². The van der Waals surface area contributed by atoms with Crippen molar-refractivity contribution in [3.8, 4) is 5.69 Å². The van der Waals surface area contributed by atoms with Crippen molar-refractivity contribution in [2.75, 3.05) is 14.1 Å². The summed E-state index contributed by atoms with van der Waals surface area (Å²) in [7, 11) is -0.719. The van der Waals surface area contributed by atoms with Crippen LogP contribution in [0.15, 0.2) is 52.2 Å². The quantitative estimate of drug-likeness (QED) is 0.648. The summed E-state index contributed by atoms with van der Waals surface area (Å²) in [4.78, 5) is 13.1. The van der Waals surface area contributed by atoms with E-state index in [-0.39, 0.29) is 4.90 Å². The molecule has 152 valence electrons. The maximum absolute atomic E-state index is 13.6. The molecular weight excluding hydrogens is 402 g/mol. The molecule has 0 radical (unpaired) electrons. The Bertz CT molecular complexity index is 1230. The Morgan fingerprint density at radius 2 is 1.69 bits per heavy atom. The van der Waals surface area contributed by atoms with Gasteiger partial charge in [-0.1, -0.05) is 0 Å². The zero-order valence-corrected chi connectivity index (χ0v) is 16.5. The molecule has 0 spiro atoms. The fraction of sp³-hybridized carbons (Fsp3) is 0.263. The smallest absolute Gasteiger partial charge is 0.271 e. The first kappa shape index (κ1) is 19.5. The summed E-state index contributed by atoms with van der Waals surface area (Å²) in [6.07, 6.45) is 0.999. The molecule has 1 aliphatic rings. The van der Waals surface area contributed by atoms with Crippen LogP contribution in [0.1, 0.15) is 23.9 Å². The Hall–Kier alpha value is -2.85. The Morgan fingerprint density at radius 1 is 1.07 bits per heavy atom. The van der Waals surface area contributed by atoms with Gasteiger partial charge in [0.25, 0.3) is 0 Å². The summed E-state index contributed by atoms with van der Waals surface area (Å²) < 4.78 is 55.3. The minimum absolute atomic E-state index is 0.0964. The van der Waals surface area contributed by atoms with Crippen molar-refractivity contribution < 1.29 is 17.2 Å². The van der Waals surface area contributed by atoms with E-state index >= 15 is 0 Å². The lowest BCUT2D eigenvalue weighted by molar-refractivity contribution is 0.520. The third kappa shape index (κ3) is 3.28. The number of nitrogens with zero attached hydrogens (tertiary/aromatic N) is 4. The van der Waals surface area contributed by atoms with E-state index in [1.807, 2.05) is 0 Å². The number of sulfonamides is 1. The average Bonchev–Trinajstić information content (AvgIpc) is 3.21. The van der Waals surface area contributed by atoms with Crippen LogP contribution in [0.3, 0.4) is 0 Å². The van der Waals surface area contributed by atoms with Gasteiger partial charge in [0.15, 0.2) is 0 Å². The zero-order valence-electron chi connectivity index (χ0n) is 15.7. The number of aryl methyl sites for hydroxylation is 1. The third-order valence-electron chi connectivity index (χ3n) is 4.96. The van der Waals surface area contributed by atoms with Crippen LogP contribution in [-0.2, 0) is 16.4 Å². The Kier molecular flexibility index (Phi) is 4.62. The molecule has 1 aliphatic heterocycles. The monoisotopic (exact) mass is 420 g/mol. The van der Waals surface area contributed by atoms with Crippen LogP contribution < -0.4 is 5.69 Å². The Balaban J connectivity index is 1.73. The summed E-state index contributed by atoms with van der Waals surface area (Å²) in [6, 6.07) is 8.51. The molecule has 1 atom stereocenters. The Labute approximate surface area is 165 Å². The SMILES string of the molecule is CN(C)S(=O)(=O)c1ccc(-n2nc3n(c2=O)[C@H](c2cc(F)cc(F)c2)CC3)cc1. The molecule has 0 saturated heterocycles. The lowest BCUT2D eigenvalue weighted by Gasteiger charge is -2.13. The van der Waals surface area contributed by atoms with Gasteiger partial charge in [-0.3, -0.25) is 4.57 Å². The van der Waals surface area contributed by atoms with Gasteiger partial charge in [0.2, 0.25) is 10.0 Å². The van der Waals surface area contributed by atoms with Gasteiger partial charge in [-0.2, -0.15) is 4.68 Å². The van der Waals surface area contributed by atoms with Crippen molar-refractivity contribution in [1.82, 2.24) is 18.7 Å². The molecule has 10 heteroatoms. The molecular formula is C19H18F2N4O3S. The van der Waals surface area contributed by atoms with E-state index in [1.54, 1.807) is 0 Å². The van der Waals surface area contributed by atoms with Crippen molar-refractivity contribution in [3.05, 3.63) is 76.0 Å². The maximum Gasteiger partial charge on any atom is 0.351 e. The number of aromatic nitrogens is 3. The molecule has 0 saturated carbocycles. The summed E-state index contributed by atoms with van der Waals surface area (Å²) >= 11 is 0. The van der Waals surface area contributed by atoms with Crippen molar-refractivity contribution in [2.24, 2.45) is 0 Å². The van der Waals surface area contributed by atoms with Gasteiger partial charge in [-0.15, -0.1) is 5.10 Å². The highest BCUT2D eigenvalue weighted by molar-refractivity contribution is 7.89. The molecule has 3 aromatic rings. The number of rotatable bonds is 4. The van der Waals surface area contributed by atoms with Crippen LogP contribution in [0.2, 0.25) is 0 Å². The summed E-state index contributed by atoms with van der Waals surface area (Å²) in [6.45, 7) is 0. The highest BCUT2D eigenvalue weighted by Crippen LogP contribution is 2.30. The highest BCUT2D eigenvalue weighted by atomic mass is 32.2. The van der Waals surface area contributed by atoms with Crippen LogP contribution in [0, 0.1) is 11.6 Å². The number of benzene rings is 2. The van der Waals surface area contributed by atoms with Crippen molar-refractivity contribution in [2.45, 2.75) is 23.8 Å². The molecule has 0 aliphatic carbocycles. The molecule has 0 amide bonds. The fourth-order valence-electron chi connectivity index (χ4n) is 3.52. The maximum atomic E-state index is 13.6. The average molecular weight is 420 g/mol. The van der Waals surface area contributed by atoms with Crippen molar-refractivity contribution in [3.63, 3.8) is 0 Å². The van der Waals surface area contributed by atoms with Crippen LogP contribution >= 0.6 is 0 Å². The predicted molar refractivity (Wildman–Crippen MR) is 102 cm³/mol. The summed E-state index contributed by atoms with van der Waals surface area (Å²) in [5.74, 6) is -0.896. The first-order valence-corrected chi connectivity index (χ1v) is 10.3. The molecule has 1 aromatic heterocycles. The standard InChI is InChI=1S/C19H18F2N4O3S/c1-23(2)29(27,28)16-5-3-15(4-6-16)25-19(26)24-17(7-8-18(24)22-25)12-9-13(20)11-14(21)10-12/h3-6,9-11,17H,7-8H2,1-2H3/t17-/m0/s1. The van der Waals surface area contributed by atoms with Gasteiger partial charge in [0.1, 0.15) is 17.5 Å². The minimum atomic E-state index is -3.59. The molecule has 0 fully saturated rings. The van der Waals surface area contributed by atoms with Crippen molar-refractivity contribution in [1.29, 1.82) is 0 Å². The summed E-state index contributed by atoms with van der Waals surface area (Å²) in [5, 5.41) is 4.33. The second-order valence-electron chi connectivity index (χ2n) is 7.02. The van der Waals surface area contributed by atoms with Gasteiger partial charge >= 0.3 is 5.69 Å². The van der Waals surface area contributed by atoms with E-state index < -0.39 is 33.4 Å². The molecule has 2 heterocycles. The van der Waals surface area contributed by atoms with Crippen LogP contribution in [0.25, 0.3) is 5.69 Å². The zero-order chi connectivity index (χ0) is 20.9. The van der Waals surface area contributed by atoms with Crippen LogP contribution in [0.5, 0.6) is 0 Å². The van der Waals surface area contributed by atoms with Crippen molar-refractivity contribution >= 4 is 10.0 Å². The topological polar surface area (TPSA) is 77.2 Å². The van der Waals surface area contributed by atoms with Gasteiger partial charge in [-0.05, 0) is 48.4 Å². The normalized spacial score (nSPS) is 16.4. The molecule has 0 unspecified atom stereocenters. The largest absolute Gasteiger partial charge is 0.351 e. The van der Waals surface area contributed by atoms with E-state index in [9.17, 15) is 22.0 Å². The predicted octanol–water partition coefficient (Wildman–Crippen LogP) is 2.10. The minimum Gasteiger partial charge on any atom is -0.271 e. The molecule has 29 heavy (non-hydrogen) atoms. The molecule has 0 bridgehead atoms. The second-order valence-corrected chi connectivity index (χ2v) is 9.17. The van der Waals surface area contributed by atoms with Gasteiger partial charge < -0.3 is 0 Å². The number of fused-ring (bicyclic) bond motifs is 1. The van der Waals surface area contributed by atoms with E-state index in [4.69, 9.17) is 0 Å². The first-order chi connectivity index (χ1) is 13.7. The third-order valence-corrected chi connectivity index (χ3v) is 6.79. The molecule has 7 nitrogen and oxygen atoms in total. The second kappa shape index (κ2) is 6.89. The van der Waals surface area contributed by atoms with Gasteiger partial charge in [-0.25, -0.2) is 26.3 Å². The molecule has 4 rings (SSSR count). The number of halogens is 2. The van der Waals surface area contributed by atoms with Gasteiger partial charge in [0.05, 0.1) is 16.6 Å². The highest BCUT2D eigenvalue weighted by Gasteiger charge is 2.30. The fourth-order valence-corrected chi connectivity index (χ4v) is 4.42. The van der Waals surface area contributed by atoms with E-state index in [0.717, 1.165) is 10.4 Å². The number of hydrogen-bond acceptors (Lipinski definition) is 4. The molecule has 0 N–H and O–H groups in total. The number of hydrogen-bond donors (Lipinski definition) is 0. The van der Waals surface area contributed by atoms with Crippen LogP contribution in [0.4, 0.5) is 8.78 Å². The first-order valence-electron chi connectivity index (χ1n) is 8.88. The van der Waals surface area contributed by atoms with E-state index in [1.165, 1.54) is 59.7 Å². The van der Waals surface area contributed by atoms with E-state index in [2.05, 4.69) is 5.10 Å². The van der Waals surface area contributed by atoms with Crippen LogP contribution in [-0.4, -0.2) is 41.2 Å².